The Hall–Kier alpha value is -0.960. The summed E-state index contributed by atoms with van der Waals surface area (Å²) in [6, 6.07) is 1.55. The number of hydrogen-bond donors (Lipinski definition) is 1. The van der Waals surface area contributed by atoms with E-state index in [1.165, 1.54) is 25.5 Å². The Morgan fingerprint density at radius 2 is 1.94 bits per heavy atom. The molecule has 90 valence electrons. The first kappa shape index (κ1) is 10.0. The summed E-state index contributed by atoms with van der Waals surface area (Å²) >= 11 is 0. The van der Waals surface area contributed by atoms with Crippen LogP contribution in [0.3, 0.4) is 0 Å². The number of fused-ring (bicyclic) bond motifs is 5. The number of aromatic nitrogens is 1. The van der Waals surface area contributed by atoms with Crippen LogP contribution in [-0.2, 0) is 0 Å². The minimum Gasteiger partial charge on any atom is -0.324 e. The van der Waals surface area contributed by atoms with Crippen molar-refractivity contribution in [3.05, 3.63) is 29.8 Å². The first-order valence-electron chi connectivity index (χ1n) is 6.62. The topological polar surface area (TPSA) is 38.9 Å². The molecular formula is C14H17FN2. The summed E-state index contributed by atoms with van der Waals surface area (Å²) in [7, 11) is 0. The van der Waals surface area contributed by atoms with Gasteiger partial charge in [-0.2, -0.15) is 0 Å². The van der Waals surface area contributed by atoms with Crippen LogP contribution in [0.25, 0.3) is 0 Å². The van der Waals surface area contributed by atoms with Gasteiger partial charge in [-0.1, -0.05) is 0 Å². The van der Waals surface area contributed by atoms with Crippen LogP contribution in [0.2, 0.25) is 0 Å². The quantitative estimate of drug-likeness (QED) is 0.851. The Balaban J connectivity index is 1.58. The van der Waals surface area contributed by atoms with Crippen molar-refractivity contribution in [3.8, 4) is 0 Å². The SMILES string of the molecule is NC(c1cncc(F)c1)C1C2C3CCC(C3)C21. The molecule has 3 aliphatic rings. The van der Waals surface area contributed by atoms with Gasteiger partial charge in [0.2, 0.25) is 0 Å². The van der Waals surface area contributed by atoms with Gasteiger partial charge in [0.15, 0.2) is 0 Å². The number of pyridine rings is 1. The number of nitrogens with zero attached hydrogens (tertiary/aromatic N) is 1. The highest BCUT2D eigenvalue weighted by molar-refractivity contribution is 5.23. The summed E-state index contributed by atoms with van der Waals surface area (Å²) in [4.78, 5) is 3.91. The molecule has 4 rings (SSSR count). The Bertz CT molecular complexity index is 445. The fourth-order valence-electron chi connectivity index (χ4n) is 4.71. The van der Waals surface area contributed by atoms with Crippen molar-refractivity contribution >= 4 is 0 Å². The summed E-state index contributed by atoms with van der Waals surface area (Å²) < 4.78 is 13.1. The molecule has 0 aliphatic heterocycles. The summed E-state index contributed by atoms with van der Waals surface area (Å²) in [6.07, 6.45) is 7.20. The average Bonchev–Trinajstić information content (AvgIpc) is 2.76. The van der Waals surface area contributed by atoms with Gasteiger partial charge < -0.3 is 5.73 Å². The maximum Gasteiger partial charge on any atom is 0.141 e. The Morgan fingerprint density at radius 3 is 2.59 bits per heavy atom. The van der Waals surface area contributed by atoms with Gasteiger partial charge >= 0.3 is 0 Å². The molecule has 5 atom stereocenters. The van der Waals surface area contributed by atoms with Crippen molar-refractivity contribution in [2.75, 3.05) is 0 Å². The van der Waals surface area contributed by atoms with Gasteiger partial charge in [-0.25, -0.2) is 4.39 Å². The molecule has 5 unspecified atom stereocenters. The second kappa shape index (κ2) is 3.29. The molecule has 3 saturated carbocycles. The number of halogens is 1. The lowest BCUT2D eigenvalue weighted by Crippen LogP contribution is -2.17. The minimum atomic E-state index is -0.272. The Morgan fingerprint density at radius 1 is 1.24 bits per heavy atom. The third-order valence-corrected chi connectivity index (χ3v) is 5.32. The zero-order chi connectivity index (χ0) is 11.6. The van der Waals surface area contributed by atoms with E-state index >= 15 is 0 Å². The largest absolute Gasteiger partial charge is 0.324 e. The zero-order valence-electron chi connectivity index (χ0n) is 9.72. The van der Waals surface area contributed by atoms with E-state index in [2.05, 4.69) is 4.98 Å². The smallest absolute Gasteiger partial charge is 0.141 e. The second-order valence-corrected chi connectivity index (χ2v) is 6.03. The van der Waals surface area contributed by atoms with Gasteiger partial charge in [0, 0.05) is 12.2 Å². The molecule has 2 nitrogen and oxygen atoms in total. The van der Waals surface area contributed by atoms with Gasteiger partial charge in [0.25, 0.3) is 0 Å². The highest BCUT2D eigenvalue weighted by Gasteiger charge is 2.66. The molecule has 3 fully saturated rings. The van der Waals surface area contributed by atoms with Crippen LogP contribution in [0.15, 0.2) is 18.5 Å². The molecule has 1 aromatic heterocycles. The standard InChI is InChI=1S/C14H17FN2/c15-10-4-9(5-17-6-10)14(16)13-11-7-1-2-8(3-7)12(11)13/h4-8,11-14H,1-3,16H2. The molecular weight excluding hydrogens is 215 g/mol. The van der Waals surface area contributed by atoms with Gasteiger partial charge in [0.05, 0.1) is 6.20 Å². The average molecular weight is 232 g/mol. The first-order valence-corrected chi connectivity index (χ1v) is 6.62. The first-order chi connectivity index (χ1) is 8.25. The molecule has 0 spiro atoms. The zero-order valence-corrected chi connectivity index (χ0v) is 9.72. The molecule has 0 aromatic carbocycles. The summed E-state index contributed by atoms with van der Waals surface area (Å²) in [5, 5.41) is 0. The number of nitrogens with two attached hydrogens (primary N) is 1. The molecule has 2 bridgehead atoms. The lowest BCUT2D eigenvalue weighted by Gasteiger charge is -2.16. The van der Waals surface area contributed by atoms with Crippen LogP contribution < -0.4 is 5.73 Å². The van der Waals surface area contributed by atoms with Crippen LogP contribution in [0, 0.1) is 35.4 Å². The second-order valence-electron chi connectivity index (χ2n) is 6.03. The van der Waals surface area contributed by atoms with E-state index in [4.69, 9.17) is 5.73 Å². The highest BCUT2D eigenvalue weighted by Crippen LogP contribution is 2.71. The molecule has 1 heterocycles. The van der Waals surface area contributed by atoms with Crippen molar-refractivity contribution in [1.29, 1.82) is 0 Å². The van der Waals surface area contributed by atoms with E-state index in [1.807, 2.05) is 0 Å². The Labute approximate surface area is 100 Å². The van der Waals surface area contributed by atoms with E-state index in [-0.39, 0.29) is 11.9 Å². The minimum absolute atomic E-state index is 0.00315. The van der Waals surface area contributed by atoms with Crippen molar-refractivity contribution in [1.82, 2.24) is 4.98 Å². The van der Waals surface area contributed by atoms with E-state index in [1.54, 1.807) is 12.3 Å². The number of rotatable bonds is 2. The third kappa shape index (κ3) is 1.32. The van der Waals surface area contributed by atoms with E-state index in [9.17, 15) is 4.39 Å². The summed E-state index contributed by atoms with van der Waals surface area (Å²) in [5.74, 6) is 3.85. The van der Waals surface area contributed by atoms with Crippen molar-refractivity contribution in [2.24, 2.45) is 35.3 Å². The maximum atomic E-state index is 13.1. The molecule has 1 aromatic rings. The van der Waals surface area contributed by atoms with Gasteiger partial charge in [-0.05, 0) is 60.5 Å². The highest BCUT2D eigenvalue weighted by atomic mass is 19.1. The van der Waals surface area contributed by atoms with E-state index in [0.29, 0.717) is 5.92 Å². The van der Waals surface area contributed by atoms with Crippen LogP contribution in [-0.4, -0.2) is 4.98 Å². The van der Waals surface area contributed by atoms with Crippen LogP contribution >= 0.6 is 0 Å². The lowest BCUT2D eigenvalue weighted by molar-refractivity contribution is 0.416. The molecule has 0 amide bonds. The third-order valence-electron chi connectivity index (χ3n) is 5.32. The monoisotopic (exact) mass is 232 g/mol. The molecule has 2 N–H and O–H groups in total. The fourth-order valence-corrected chi connectivity index (χ4v) is 4.71. The van der Waals surface area contributed by atoms with Gasteiger partial charge in [-0.15, -0.1) is 0 Å². The molecule has 3 aliphatic carbocycles. The fraction of sp³-hybridized carbons (Fsp3) is 0.643. The normalized spacial score (nSPS) is 43.5. The lowest BCUT2D eigenvalue weighted by atomic mass is 9.94. The molecule has 0 radical (unpaired) electrons. The Kier molecular flexibility index (Phi) is 1.93. The van der Waals surface area contributed by atoms with Crippen molar-refractivity contribution in [3.63, 3.8) is 0 Å². The van der Waals surface area contributed by atoms with Crippen molar-refractivity contribution < 1.29 is 4.39 Å². The van der Waals surface area contributed by atoms with Crippen LogP contribution in [0.4, 0.5) is 4.39 Å². The molecule has 3 heteroatoms. The molecule has 17 heavy (non-hydrogen) atoms. The summed E-state index contributed by atoms with van der Waals surface area (Å²) in [6.45, 7) is 0. The molecule has 0 saturated heterocycles. The van der Waals surface area contributed by atoms with Crippen LogP contribution in [0.5, 0.6) is 0 Å². The number of hydrogen-bond acceptors (Lipinski definition) is 2. The van der Waals surface area contributed by atoms with Gasteiger partial charge in [-0.3, -0.25) is 4.98 Å². The van der Waals surface area contributed by atoms with Crippen molar-refractivity contribution in [2.45, 2.75) is 25.3 Å². The van der Waals surface area contributed by atoms with E-state index in [0.717, 1.165) is 29.2 Å². The maximum absolute atomic E-state index is 13.1. The van der Waals surface area contributed by atoms with Crippen LogP contribution in [0.1, 0.15) is 30.9 Å². The summed E-state index contributed by atoms with van der Waals surface area (Å²) in [5.41, 5.74) is 7.18. The predicted octanol–water partition coefficient (Wildman–Crippen LogP) is 2.51. The van der Waals surface area contributed by atoms with E-state index < -0.39 is 0 Å². The van der Waals surface area contributed by atoms with Gasteiger partial charge in [0.1, 0.15) is 5.82 Å². The predicted molar refractivity (Wildman–Crippen MR) is 62.4 cm³/mol.